The van der Waals surface area contributed by atoms with Gasteiger partial charge in [0.05, 0.1) is 5.69 Å². The van der Waals surface area contributed by atoms with E-state index >= 15 is 0 Å². The van der Waals surface area contributed by atoms with Crippen molar-refractivity contribution in [3.05, 3.63) is 17.5 Å². The van der Waals surface area contributed by atoms with Crippen molar-refractivity contribution in [2.45, 2.75) is 71.8 Å². The van der Waals surface area contributed by atoms with Gasteiger partial charge in [0, 0.05) is 19.2 Å². The van der Waals surface area contributed by atoms with Crippen LogP contribution in [0.4, 0.5) is 0 Å². The molecule has 0 radical (unpaired) electrons. The van der Waals surface area contributed by atoms with Gasteiger partial charge in [0.25, 0.3) is 0 Å². The number of nitrogens with zero attached hydrogens (tertiary/aromatic N) is 2. The smallest absolute Gasteiger partial charge is 0.191 e. The molecule has 0 aromatic carbocycles. The van der Waals surface area contributed by atoms with Gasteiger partial charge in [-0.1, -0.05) is 51.1 Å². The van der Waals surface area contributed by atoms with Crippen LogP contribution < -0.4 is 10.6 Å². The maximum atomic E-state index is 5.34. The van der Waals surface area contributed by atoms with Crippen LogP contribution in [-0.4, -0.2) is 24.2 Å². The summed E-state index contributed by atoms with van der Waals surface area (Å²) in [7, 11) is 0. The number of aromatic nitrogens is 1. The van der Waals surface area contributed by atoms with Crippen molar-refractivity contribution in [3.8, 4) is 0 Å². The Kier molecular flexibility index (Phi) is 7.43. The van der Waals surface area contributed by atoms with Crippen LogP contribution in [0.5, 0.6) is 0 Å². The van der Waals surface area contributed by atoms with Crippen LogP contribution in [-0.2, 0) is 6.54 Å². The molecule has 2 N–H and O–H groups in total. The van der Waals surface area contributed by atoms with Crippen LogP contribution in [0.25, 0.3) is 0 Å². The van der Waals surface area contributed by atoms with Crippen molar-refractivity contribution in [1.29, 1.82) is 0 Å². The molecule has 5 heteroatoms. The molecule has 0 spiro atoms. The van der Waals surface area contributed by atoms with Crippen LogP contribution >= 0.6 is 0 Å². The van der Waals surface area contributed by atoms with Gasteiger partial charge in [-0.3, -0.25) is 0 Å². The molecule has 0 aliphatic heterocycles. The number of hydrogen-bond acceptors (Lipinski definition) is 3. The molecule has 2 rings (SSSR count). The summed E-state index contributed by atoms with van der Waals surface area (Å²) in [5, 5.41) is 10.8. The number of nitrogens with one attached hydrogen (secondary N) is 2. The monoisotopic (exact) mass is 320 g/mol. The van der Waals surface area contributed by atoms with E-state index in [9.17, 15) is 0 Å². The summed E-state index contributed by atoms with van der Waals surface area (Å²) in [5.41, 5.74) is 0.991. The Morgan fingerprint density at radius 1 is 1.30 bits per heavy atom. The van der Waals surface area contributed by atoms with Crippen molar-refractivity contribution >= 4 is 5.96 Å². The van der Waals surface area contributed by atoms with E-state index in [0.29, 0.717) is 12.5 Å². The Labute approximate surface area is 140 Å². The summed E-state index contributed by atoms with van der Waals surface area (Å²) >= 11 is 0. The zero-order valence-corrected chi connectivity index (χ0v) is 14.9. The first-order valence-corrected chi connectivity index (χ1v) is 9.16. The minimum atomic E-state index is 0.387. The summed E-state index contributed by atoms with van der Waals surface area (Å²) in [4.78, 5) is 4.60. The van der Waals surface area contributed by atoms with E-state index in [-0.39, 0.29) is 0 Å². The van der Waals surface area contributed by atoms with Gasteiger partial charge in [-0.05, 0) is 25.2 Å². The molecule has 0 atom stereocenters. The lowest BCUT2D eigenvalue weighted by atomic mass is 9.87. The van der Waals surface area contributed by atoms with Gasteiger partial charge in [0.2, 0.25) is 0 Å². The summed E-state index contributed by atoms with van der Waals surface area (Å²) in [6.45, 7) is 8.69. The van der Waals surface area contributed by atoms with E-state index in [1.54, 1.807) is 0 Å². The van der Waals surface area contributed by atoms with Gasteiger partial charge in [-0.2, -0.15) is 0 Å². The summed E-state index contributed by atoms with van der Waals surface area (Å²) in [5.74, 6) is 2.96. The van der Waals surface area contributed by atoms with Crippen molar-refractivity contribution < 1.29 is 4.52 Å². The lowest BCUT2D eigenvalue weighted by Gasteiger charge is -2.22. The van der Waals surface area contributed by atoms with Crippen molar-refractivity contribution in [2.75, 3.05) is 13.1 Å². The largest absolute Gasteiger partial charge is 0.359 e. The van der Waals surface area contributed by atoms with Crippen LogP contribution in [0.2, 0.25) is 0 Å². The molecule has 0 saturated heterocycles. The van der Waals surface area contributed by atoms with Gasteiger partial charge in [0.15, 0.2) is 11.7 Å². The Balaban J connectivity index is 1.78. The molecule has 5 nitrogen and oxygen atoms in total. The summed E-state index contributed by atoms with van der Waals surface area (Å²) < 4.78 is 5.34. The molecular weight excluding hydrogens is 288 g/mol. The van der Waals surface area contributed by atoms with Gasteiger partial charge >= 0.3 is 0 Å². The Hall–Kier alpha value is -1.52. The third-order valence-corrected chi connectivity index (χ3v) is 4.48. The number of hydrogen-bond donors (Lipinski definition) is 2. The van der Waals surface area contributed by atoms with Gasteiger partial charge in [-0.25, -0.2) is 4.99 Å². The van der Waals surface area contributed by atoms with Crippen molar-refractivity contribution in [2.24, 2.45) is 10.9 Å². The number of rotatable bonds is 7. The zero-order valence-electron chi connectivity index (χ0n) is 14.9. The van der Waals surface area contributed by atoms with E-state index in [1.165, 1.54) is 38.5 Å². The van der Waals surface area contributed by atoms with Gasteiger partial charge < -0.3 is 15.2 Å². The molecule has 1 aliphatic rings. The summed E-state index contributed by atoms with van der Waals surface area (Å²) in [6, 6.07) is 2.00. The highest BCUT2D eigenvalue weighted by Gasteiger charge is 2.13. The van der Waals surface area contributed by atoms with E-state index < -0.39 is 0 Å². The minimum Gasteiger partial charge on any atom is -0.359 e. The molecule has 130 valence electrons. The van der Waals surface area contributed by atoms with Crippen LogP contribution in [0.15, 0.2) is 15.6 Å². The second-order valence-corrected chi connectivity index (χ2v) is 6.79. The van der Waals surface area contributed by atoms with Crippen LogP contribution in [0.3, 0.4) is 0 Å². The second-order valence-electron chi connectivity index (χ2n) is 6.79. The maximum absolute atomic E-state index is 5.34. The Bertz CT molecular complexity index is 475. The zero-order chi connectivity index (χ0) is 16.5. The maximum Gasteiger partial charge on any atom is 0.191 e. The molecule has 23 heavy (non-hydrogen) atoms. The molecule has 1 aliphatic carbocycles. The molecule has 0 amide bonds. The quantitative estimate of drug-likeness (QED) is 0.592. The third kappa shape index (κ3) is 6.24. The predicted molar refractivity (Wildman–Crippen MR) is 94.6 cm³/mol. The predicted octanol–water partition coefficient (Wildman–Crippen LogP) is 3.82. The number of guanidine groups is 1. The molecule has 1 aromatic rings. The SMILES string of the molecule is CCNC(=NCc1cc(C(C)C)no1)NCCC1CCCCC1. The fourth-order valence-electron chi connectivity index (χ4n) is 3.04. The highest BCUT2D eigenvalue weighted by molar-refractivity contribution is 5.79. The highest BCUT2D eigenvalue weighted by Crippen LogP contribution is 2.25. The summed E-state index contributed by atoms with van der Waals surface area (Å²) in [6.07, 6.45) is 8.26. The average Bonchev–Trinajstić information content (AvgIpc) is 3.03. The normalized spacial score (nSPS) is 16.8. The fraction of sp³-hybridized carbons (Fsp3) is 0.778. The molecule has 0 unspecified atom stereocenters. The fourth-order valence-corrected chi connectivity index (χ4v) is 3.04. The first-order chi connectivity index (χ1) is 11.2. The third-order valence-electron chi connectivity index (χ3n) is 4.48. The van der Waals surface area contributed by atoms with E-state index in [1.807, 2.05) is 6.07 Å². The van der Waals surface area contributed by atoms with E-state index in [2.05, 4.69) is 41.6 Å². The van der Waals surface area contributed by atoms with Gasteiger partial charge in [0.1, 0.15) is 6.54 Å². The number of aliphatic imine (C=N–C) groups is 1. The second kappa shape index (κ2) is 9.58. The molecule has 1 fully saturated rings. The first-order valence-electron chi connectivity index (χ1n) is 9.16. The molecule has 1 heterocycles. The lowest BCUT2D eigenvalue weighted by molar-refractivity contribution is 0.339. The standard InChI is InChI=1S/C18H32N4O/c1-4-19-18(20-11-10-15-8-6-5-7-9-15)21-13-16-12-17(14(2)3)22-23-16/h12,14-15H,4-11,13H2,1-3H3,(H2,19,20,21). The van der Waals surface area contributed by atoms with Crippen LogP contribution in [0.1, 0.15) is 76.7 Å². The molecular formula is C18H32N4O. The highest BCUT2D eigenvalue weighted by atomic mass is 16.5. The topological polar surface area (TPSA) is 62.5 Å². The van der Waals surface area contributed by atoms with E-state index in [4.69, 9.17) is 4.52 Å². The van der Waals surface area contributed by atoms with E-state index in [0.717, 1.165) is 36.4 Å². The Morgan fingerprint density at radius 2 is 2.09 bits per heavy atom. The molecule has 1 aromatic heterocycles. The minimum absolute atomic E-state index is 0.387. The first kappa shape index (κ1) is 17.8. The lowest BCUT2D eigenvalue weighted by Crippen LogP contribution is -2.38. The average molecular weight is 320 g/mol. The molecule has 1 saturated carbocycles. The van der Waals surface area contributed by atoms with Crippen molar-refractivity contribution in [1.82, 2.24) is 15.8 Å². The van der Waals surface area contributed by atoms with Gasteiger partial charge in [-0.15, -0.1) is 0 Å². The van der Waals surface area contributed by atoms with Crippen molar-refractivity contribution in [3.63, 3.8) is 0 Å². The Morgan fingerprint density at radius 3 is 2.74 bits per heavy atom. The van der Waals surface area contributed by atoms with Crippen LogP contribution in [0, 0.1) is 5.92 Å². The molecule has 0 bridgehead atoms.